The Labute approximate surface area is 84.5 Å². The zero-order chi connectivity index (χ0) is 10.4. The molecule has 0 saturated heterocycles. The smallest absolute Gasteiger partial charge is 0.217 e. The van der Waals surface area contributed by atoms with Gasteiger partial charge in [0.25, 0.3) is 0 Å². The number of aromatic nitrogens is 1. The number of ether oxygens (including phenoxy) is 1. The van der Waals surface area contributed by atoms with Crippen molar-refractivity contribution < 1.29 is 4.74 Å². The molecule has 1 atom stereocenters. The van der Waals surface area contributed by atoms with E-state index in [1.54, 1.807) is 13.3 Å². The molecular weight excluding hydrogens is 178 g/mol. The quantitative estimate of drug-likeness (QED) is 0.719. The molecule has 0 fully saturated rings. The van der Waals surface area contributed by atoms with Crippen LogP contribution in [0.1, 0.15) is 12.5 Å². The van der Waals surface area contributed by atoms with E-state index < -0.39 is 0 Å². The fourth-order valence-electron chi connectivity index (χ4n) is 1.11. The third-order valence-corrected chi connectivity index (χ3v) is 2.04. The molecule has 0 saturated carbocycles. The highest BCUT2D eigenvalue weighted by molar-refractivity contribution is 5.25. The molecule has 0 radical (unpaired) electrons. The van der Waals surface area contributed by atoms with Gasteiger partial charge in [-0.15, -0.1) is 0 Å². The van der Waals surface area contributed by atoms with E-state index in [2.05, 4.69) is 10.3 Å². The van der Waals surface area contributed by atoms with Crippen molar-refractivity contribution in [2.45, 2.75) is 19.5 Å². The molecule has 0 bridgehead atoms. The maximum atomic E-state index is 5.50. The second-order valence-electron chi connectivity index (χ2n) is 3.19. The van der Waals surface area contributed by atoms with Gasteiger partial charge in [-0.3, -0.25) is 0 Å². The number of nitrogens with zero attached hydrogens (tertiary/aromatic N) is 1. The molecule has 3 N–H and O–H groups in total. The minimum atomic E-state index is 0.305. The molecule has 0 aliphatic carbocycles. The second kappa shape index (κ2) is 5.57. The van der Waals surface area contributed by atoms with E-state index in [1.807, 2.05) is 19.1 Å². The first-order valence-electron chi connectivity index (χ1n) is 4.69. The van der Waals surface area contributed by atoms with Crippen LogP contribution in [-0.2, 0) is 6.54 Å². The summed E-state index contributed by atoms with van der Waals surface area (Å²) in [6, 6.07) is 4.19. The maximum absolute atomic E-state index is 5.50. The molecule has 0 spiro atoms. The maximum Gasteiger partial charge on any atom is 0.217 e. The average Bonchev–Trinajstić information content (AvgIpc) is 2.26. The number of nitrogens with two attached hydrogens (primary N) is 1. The fourth-order valence-corrected chi connectivity index (χ4v) is 1.11. The van der Waals surface area contributed by atoms with Crippen molar-refractivity contribution in [1.82, 2.24) is 10.3 Å². The zero-order valence-electron chi connectivity index (χ0n) is 8.66. The van der Waals surface area contributed by atoms with Crippen LogP contribution < -0.4 is 15.8 Å². The molecule has 0 aliphatic rings. The Morgan fingerprint density at radius 3 is 3.07 bits per heavy atom. The van der Waals surface area contributed by atoms with Crippen LogP contribution in [0.3, 0.4) is 0 Å². The van der Waals surface area contributed by atoms with Crippen molar-refractivity contribution >= 4 is 0 Å². The number of hydrogen-bond acceptors (Lipinski definition) is 4. The fraction of sp³-hybridized carbons (Fsp3) is 0.500. The Morgan fingerprint density at radius 1 is 1.64 bits per heavy atom. The lowest BCUT2D eigenvalue weighted by molar-refractivity contribution is 0.389. The Hall–Kier alpha value is -1.13. The highest BCUT2D eigenvalue weighted by atomic mass is 16.5. The number of methoxy groups -OCH3 is 1. The summed E-state index contributed by atoms with van der Waals surface area (Å²) in [6.45, 7) is 3.40. The summed E-state index contributed by atoms with van der Waals surface area (Å²) in [5.41, 5.74) is 6.55. The van der Waals surface area contributed by atoms with Gasteiger partial charge in [0.1, 0.15) is 0 Å². The summed E-state index contributed by atoms with van der Waals surface area (Å²) in [7, 11) is 1.62. The molecule has 0 amide bonds. The van der Waals surface area contributed by atoms with Gasteiger partial charge in [-0.2, -0.15) is 0 Å². The molecule has 4 heteroatoms. The van der Waals surface area contributed by atoms with Crippen LogP contribution in [0.25, 0.3) is 0 Å². The molecule has 1 aromatic rings. The monoisotopic (exact) mass is 195 g/mol. The molecule has 14 heavy (non-hydrogen) atoms. The predicted octanol–water partition coefficient (Wildman–Crippen LogP) is 0.527. The van der Waals surface area contributed by atoms with E-state index in [9.17, 15) is 0 Å². The molecule has 0 unspecified atom stereocenters. The van der Waals surface area contributed by atoms with Gasteiger partial charge in [0.15, 0.2) is 0 Å². The molecule has 1 heterocycles. The largest absolute Gasteiger partial charge is 0.481 e. The first-order chi connectivity index (χ1) is 6.77. The predicted molar refractivity (Wildman–Crippen MR) is 56.1 cm³/mol. The van der Waals surface area contributed by atoms with Crippen molar-refractivity contribution in [3.05, 3.63) is 23.9 Å². The van der Waals surface area contributed by atoms with Gasteiger partial charge in [-0.25, -0.2) is 4.98 Å². The molecule has 1 aromatic heterocycles. The van der Waals surface area contributed by atoms with Gasteiger partial charge in [0.05, 0.1) is 7.11 Å². The SMILES string of the molecule is COc1ncccc1CN[C@@H](C)CN. The Morgan fingerprint density at radius 2 is 2.43 bits per heavy atom. The lowest BCUT2D eigenvalue weighted by Gasteiger charge is -2.12. The van der Waals surface area contributed by atoms with Crippen LogP contribution in [0.5, 0.6) is 5.88 Å². The minimum Gasteiger partial charge on any atom is -0.481 e. The van der Waals surface area contributed by atoms with Gasteiger partial charge >= 0.3 is 0 Å². The molecular formula is C10H17N3O. The zero-order valence-corrected chi connectivity index (χ0v) is 8.66. The molecule has 0 aliphatic heterocycles. The van der Waals surface area contributed by atoms with E-state index in [-0.39, 0.29) is 0 Å². The molecule has 78 valence electrons. The van der Waals surface area contributed by atoms with E-state index in [1.165, 1.54) is 0 Å². The van der Waals surface area contributed by atoms with Crippen molar-refractivity contribution in [2.75, 3.05) is 13.7 Å². The van der Waals surface area contributed by atoms with E-state index in [0.717, 1.165) is 12.1 Å². The lowest BCUT2D eigenvalue weighted by Crippen LogP contribution is -2.32. The normalized spacial score (nSPS) is 12.5. The average molecular weight is 195 g/mol. The van der Waals surface area contributed by atoms with Crippen molar-refractivity contribution in [3.63, 3.8) is 0 Å². The molecule has 0 aromatic carbocycles. The summed E-state index contributed by atoms with van der Waals surface area (Å²) in [6.07, 6.45) is 1.72. The first-order valence-corrected chi connectivity index (χ1v) is 4.69. The summed E-state index contributed by atoms with van der Waals surface area (Å²) >= 11 is 0. The van der Waals surface area contributed by atoms with Crippen molar-refractivity contribution in [3.8, 4) is 5.88 Å². The Bertz CT molecular complexity index is 278. The van der Waals surface area contributed by atoms with Gasteiger partial charge < -0.3 is 15.8 Å². The van der Waals surface area contributed by atoms with Crippen LogP contribution >= 0.6 is 0 Å². The standard InChI is InChI=1S/C10H17N3O/c1-8(6-11)13-7-9-4-3-5-12-10(9)14-2/h3-5,8,13H,6-7,11H2,1-2H3/t8-/m0/s1. The topological polar surface area (TPSA) is 60.2 Å². The number of nitrogens with one attached hydrogen (secondary N) is 1. The van der Waals surface area contributed by atoms with E-state index >= 15 is 0 Å². The first kappa shape index (κ1) is 10.9. The minimum absolute atomic E-state index is 0.305. The highest BCUT2D eigenvalue weighted by Gasteiger charge is 2.04. The van der Waals surface area contributed by atoms with Crippen molar-refractivity contribution in [2.24, 2.45) is 5.73 Å². The van der Waals surface area contributed by atoms with Crippen LogP contribution in [0.4, 0.5) is 0 Å². The van der Waals surface area contributed by atoms with Crippen LogP contribution in [0.15, 0.2) is 18.3 Å². The summed E-state index contributed by atoms with van der Waals surface area (Å²) in [4.78, 5) is 4.11. The van der Waals surface area contributed by atoms with Gasteiger partial charge in [-0.05, 0) is 13.0 Å². The Kier molecular flexibility index (Phi) is 4.35. The summed E-state index contributed by atoms with van der Waals surface area (Å²) in [5, 5.41) is 3.28. The summed E-state index contributed by atoms with van der Waals surface area (Å²) in [5.74, 6) is 0.671. The highest BCUT2D eigenvalue weighted by Crippen LogP contribution is 2.12. The van der Waals surface area contributed by atoms with Gasteiger partial charge in [-0.1, -0.05) is 6.07 Å². The number of rotatable bonds is 5. The summed E-state index contributed by atoms with van der Waals surface area (Å²) < 4.78 is 5.13. The number of hydrogen-bond donors (Lipinski definition) is 2. The molecule has 1 rings (SSSR count). The van der Waals surface area contributed by atoms with Crippen LogP contribution in [0.2, 0.25) is 0 Å². The van der Waals surface area contributed by atoms with Gasteiger partial charge in [0, 0.05) is 30.9 Å². The van der Waals surface area contributed by atoms with Crippen LogP contribution in [-0.4, -0.2) is 24.7 Å². The van der Waals surface area contributed by atoms with E-state index in [0.29, 0.717) is 18.5 Å². The Balaban J connectivity index is 2.57. The third-order valence-electron chi connectivity index (χ3n) is 2.04. The molecule has 4 nitrogen and oxygen atoms in total. The van der Waals surface area contributed by atoms with Crippen molar-refractivity contribution in [1.29, 1.82) is 0 Å². The number of pyridine rings is 1. The lowest BCUT2D eigenvalue weighted by atomic mass is 10.2. The third kappa shape index (κ3) is 2.97. The van der Waals surface area contributed by atoms with Crippen LogP contribution in [0, 0.1) is 0 Å². The second-order valence-corrected chi connectivity index (χ2v) is 3.19. The van der Waals surface area contributed by atoms with E-state index in [4.69, 9.17) is 10.5 Å². The van der Waals surface area contributed by atoms with Gasteiger partial charge in [0.2, 0.25) is 5.88 Å².